The van der Waals surface area contributed by atoms with Crippen molar-refractivity contribution in [3.8, 4) is 5.75 Å². The van der Waals surface area contributed by atoms with E-state index in [9.17, 15) is 13.2 Å². The molecule has 8 heteroatoms. The van der Waals surface area contributed by atoms with E-state index >= 15 is 0 Å². The largest absolute Gasteiger partial charge is 0.497 e. The van der Waals surface area contributed by atoms with Crippen molar-refractivity contribution in [3.05, 3.63) is 23.8 Å². The Kier molecular flexibility index (Phi) is 5.93. The number of hydrogen-bond acceptors (Lipinski definition) is 5. The lowest BCUT2D eigenvalue weighted by Crippen LogP contribution is -2.28. The van der Waals surface area contributed by atoms with E-state index in [-0.39, 0.29) is 23.6 Å². The fourth-order valence-corrected chi connectivity index (χ4v) is 2.83. The van der Waals surface area contributed by atoms with E-state index in [0.29, 0.717) is 5.75 Å². The van der Waals surface area contributed by atoms with Crippen LogP contribution in [0.5, 0.6) is 5.75 Å². The number of nitrogens with one attached hydrogen (secondary N) is 1. The Labute approximate surface area is 117 Å². The molecule has 0 aliphatic rings. The third kappa shape index (κ3) is 4.48. The number of benzene rings is 1. The molecule has 0 spiro atoms. The van der Waals surface area contributed by atoms with Crippen molar-refractivity contribution < 1.29 is 27.8 Å². The molecule has 1 aromatic carbocycles. The standard InChI is InChI=1S/C12H17NO6S/c1-18-6-5-13-20(16,17)11-4-3-10(19-2)7-9(11)8-12(14)15/h3-4,7,13H,5-6,8H2,1-2H3,(H,14,15). The number of rotatable bonds is 8. The van der Waals surface area contributed by atoms with Gasteiger partial charge in [-0.1, -0.05) is 0 Å². The Morgan fingerprint density at radius 2 is 2.05 bits per heavy atom. The van der Waals surface area contributed by atoms with Gasteiger partial charge in [0.1, 0.15) is 5.75 Å². The number of aliphatic carboxylic acids is 1. The van der Waals surface area contributed by atoms with Crippen molar-refractivity contribution in [1.29, 1.82) is 0 Å². The van der Waals surface area contributed by atoms with Crippen LogP contribution < -0.4 is 9.46 Å². The first-order valence-corrected chi connectivity index (χ1v) is 7.26. The summed E-state index contributed by atoms with van der Waals surface area (Å²) in [6.07, 6.45) is -0.405. The third-order valence-corrected chi connectivity index (χ3v) is 4.06. The number of hydrogen-bond donors (Lipinski definition) is 2. The summed E-state index contributed by atoms with van der Waals surface area (Å²) in [4.78, 5) is 10.8. The van der Waals surface area contributed by atoms with Gasteiger partial charge in [0.15, 0.2) is 0 Å². The van der Waals surface area contributed by atoms with Gasteiger partial charge in [-0.15, -0.1) is 0 Å². The lowest BCUT2D eigenvalue weighted by Gasteiger charge is -2.11. The molecule has 2 N–H and O–H groups in total. The minimum absolute atomic E-state index is 0.0724. The van der Waals surface area contributed by atoms with Gasteiger partial charge in [-0.3, -0.25) is 4.79 Å². The van der Waals surface area contributed by atoms with Gasteiger partial charge in [0.2, 0.25) is 10.0 Å². The minimum atomic E-state index is -3.78. The zero-order valence-electron chi connectivity index (χ0n) is 11.3. The molecule has 0 fully saturated rings. The van der Waals surface area contributed by atoms with Crippen LogP contribution >= 0.6 is 0 Å². The summed E-state index contributed by atoms with van der Waals surface area (Å²) < 4.78 is 36.3. The quantitative estimate of drug-likeness (QED) is 0.667. The molecule has 0 saturated heterocycles. The van der Waals surface area contributed by atoms with Crippen molar-refractivity contribution in [2.75, 3.05) is 27.4 Å². The van der Waals surface area contributed by atoms with Gasteiger partial charge < -0.3 is 14.6 Å². The van der Waals surface area contributed by atoms with Crippen molar-refractivity contribution in [3.63, 3.8) is 0 Å². The minimum Gasteiger partial charge on any atom is -0.497 e. The molecule has 0 aromatic heterocycles. The van der Waals surface area contributed by atoms with Crippen molar-refractivity contribution in [2.24, 2.45) is 0 Å². The maximum Gasteiger partial charge on any atom is 0.307 e. The molecular formula is C12H17NO6S. The van der Waals surface area contributed by atoms with E-state index < -0.39 is 22.4 Å². The Balaban J connectivity index is 3.11. The SMILES string of the molecule is COCCNS(=O)(=O)c1ccc(OC)cc1CC(=O)O. The van der Waals surface area contributed by atoms with E-state index in [1.54, 1.807) is 0 Å². The number of sulfonamides is 1. The first-order valence-electron chi connectivity index (χ1n) is 5.78. The molecule has 0 amide bonds. The third-order valence-electron chi connectivity index (χ3n) is 2.50. The van der Waals surface area contributed by atoms with Crippen LogP contribution in [0.15, 0.2) is 23.1 Å². The Morgan fingerprint density at radius 1 is 1.35 bits per heavy atom. The molecule has 112 valence electrons. The molecule has 0 atom stereocenters. The molecule has 0 aliphatic heterocycles. The van der Waals surface area contributed by atoms with Crippen LogP contribution in [0.1, 0.15) is 5.56 Å². The fourth-order valence-electron chi connectivity index (χ4n) is 1.60. The average Bonchev–Trinajstić information content (AvgIpc) is 2.37. The monoisotopic (exact) mass is 303 g/mol. The molecule has 0 aliphatic carbocycles. The summed E-state index contributed by atoms with van der Waals surface area (Å²) in [5, 5.41) is 8.86. The summed E-state index contributed by atoms with van der Waals surface area (Å²) in [5.41, 5.74) is 0.168. The van der Waals surface area contributed by atoms with Gasteiger partial charge in [-0.05, 0) is 23.8 Å². The van der Waals surface area contributed by atoms with Gasteiger partial charge in [-0.25, -0.2) is 13.1 Å². The van der Waals surface area contributed by atoms with Gasteiger partial charge >= 0.3 is 5.97 Å². The molecule has 0 saturated carbocycles. The Bertz CT molecular complexity index is 569. The number of ether oxygens (including phenoxy) is 2. The smallest absolute Gasteiger partial charge is 0.307 e. The second-order valence-electron chi connectivity index (χ2n) is 3.93. The van der Waals surface area contributed by atoms with Gasteiger partial charge in [0.05, 0.1) is 25.0 Å². The van der Waals surface area contributed by atoms with Crippen LogP contribution in [-0.2, 0) is 26.0 Å². The molecule has 0 bridgehead atoms. The summed E-state index contributed by atoms with van der Waals surface area (Å²) in [5.74, 6) is -0.719. The van der Waals surface area contributed by atoms with Gasteiger partial charge in [0.25, 0.3) is 0 Å². The van der Waals surface area contributed by atoms with Crippen LogP contribution in [0.3, 0.4) is 0 Å². The summed E-state index contributed by atoms with van der Waals surface area (Å²) in [7, 11) is -0.905. The maximum atomic E-state index is 12.1. The number of carbonyl (C=O) groups is 1. The molecular weight excluding hydrogens is 286 g/mol. The predicted molar refractivity (Wildman–Crippen MR) is 71.4 cm³/mol. The van der Waals surface area contributed by atoms with E-state index in [1.807, 2.05) is 0 Å². The Hall–Kier alpha value is -1.64. The van der Waals surface area contributed by atoms with E-state index in [1.165, 1.54) is 32.4 Å². The normalized spacial score (nSPS) is 11.3. The second-order valence-corrected chi connectivity index (χ2v) is 5.67. The lowest BCUT2D eigenvalue weighted by molar-refractivity contribution is -0.136. The van der Waals surface area contributed by atoms with Crippen molar-refractivity contribution in [2.45, 2.75) is 11.3 Å². The number of methoxy groups -OCH3 is 2. The average molecular weight is 303 g/mol. The zero-order chi connectivity index (χ0) is 15.2. The van der Waals surface area contributed by atoms with Gasteiger partial charge in [0, 0.05) is 13.7 Å². The lowest BCUT2D eigenvalue weighted by atomic mass is 10.1. The summed E-state index contributed by atoms with van der Waals surface area (Å²) in [6, 6.07) is 4.20. The first kappa shape index (κ1) is 16.4. The molecule has 0 heterocycles. The number of carboxylic acid groups (broad SMARTS) is 1. The topological polar surface area (TPSA) is 102 Å². The highest BCUT2D eigenvalue weighted by Crippen LogP contribution is 2.22. The van der Waals surface area contributed by atoms with Crippen molar-refractivity contribution in [1.82, 2.24) is 4.72 Å². The zero-order valence-corrected chi connectivity index (χ0v) is 12.1. The van der Waals surface area contributed by atoms with Crippen molar-refractivity contribution >= 4 is 16.0 Å². The van der Waals surface area contributed by atoms with Gasteiger partial charge in [-0.2, -0.15) is 0 Å². The fraction of sp³-hybridized carbons (Fsp3) is 0.417. The summed E-state index contributed by atoms with van der Waals surface area (Å²) >= 11 is 0. The van der Waals surface area contributed by atoms with E-state index in [4.69, 9.17) is 14.6 Å². The molecule has 0 radical (unpaired) electrons. The Morgan fingerprint density at radius 3 is 2.60 bits per heavy atom. The highest BCUT2D eigenvalue weighted by Gasteiger charge is 2.20. The van der Waals surface area contributed by atoms with Crippen LogP contribution in [-0.4, -0.2) is 46.9 Å². The highest BCUT2D eigenvalue weighted by molar-refractivity contribution is 7.89. The predicted octanol–water partition coefficient (Wildman–Crippen LogP) is 0.247. The van der Waals surface area contributed by atoms with Crippen LogP contribution in [0.2, 0.25) is 0 Å². The van der Waals surface area contributed by atoms with Crippen LogP contribution in [0, 0.1) is 0 Å². The number of carboxylic acids is 1. The molecule has 1 rings (SSSR count). The molecule has 0 unspecified atom stereocenters. The highest BCUT2D eigenvalue weighted by atomic mass is 32.2. The molecule has 7 nitrogen and oxygen atoms in total. The second kappa shape index (κ2) is 7.22. The van der Waals surface area contributed by atoms with Crippen LogP contribution in [0.4, 0.5) is 0 Å². The van der Waals surface area contributed by atoms with E-state index in [0.717, 1.165) is 0 Å². The first-order chi connectivity index (χ1) is 9.40. The molecule has 20 heavy (non-hydrogen) atoms. The van der Waals surface area contributed by atoms with Crippen LogP contribution in [0.25, 0.3) is 0 Å². The summed E-state index contributed by atoms with van der Waals surface area (Å²) in [6.45, 7) is 0.334. The van der Waals surface area contributed by atoms with E-state index in [2.05, 4.69) is 4.72 Å². The maximum absolute atomic E-state index is 12.1. The molecule has 1 aromatic rings.